The lowest BCUT2D eigenvalue weighted by Gasteiger charge is -2.52. The van der Waals surface area contributed by atoms with Crippen LogP contribution in [0.1, 0.15) is 53.9 Å². The summed E-state index contributed by atoms with van der Waals surface area (Å²) in [5, 5.41) is 3.75. The predicted octanol–water partition coefficient (Wildman–Crippen LogP) is 2.57. The maximum absolute atomic E-state index is 3.75. The summed E-state index contributed by atoms with van der Waals surface area (Å²) >= 11 is 0. The van der Waals surface area contributed by atoms with E-state index in [-0.39, 0.29) is 0 Å². The molecule has 1 aliphatic heterocycles. The average Bonchev–Trinajstić information content (AvgIpc) is 2.35. The van der Waals surface area contributed by atoms with Crippen molar-refractivity contribution in [3.63, 3.8) is 0 Å². The number of likely N-dealkylation sites (N-methyl/N-ethyl adjacent to an activating group) is 2. The van der Waals surface area contributed by atoms with Gasteiger partial charge in [-0.2, -0.15) is 0 Å². The standard InChI is InChI=1S/C17H35N3/c1-7-18-14-8-9-16(2,3)12-15(14)20-11-10-19(6)17(4,5)13-20/h14-15,18H,7-13H2,1-6H3. The molecular weight excluding hydrogens is 246 g/mol. The van der Waals surface area contributed by atoms with Crippen LogP contribution in [-0.4, -0.2) is 60.6 Å². The second kappa shape index (κ2) is 5.94. The molecule has 1 N–H and O–H groups in total. The van der Waals surface area contributed by atoms with Crippen LogP contribution in [0.5, 0.6) is 0 Å². The number of nitrogens with one attached hydrogen (secondary N) is 1. The summed E-state index contributed by atoms with van der Waals surface area (Å²) in [5.74, 6) is 0. The Morgan fingerprint density at radius 2 is 1.85 bits per heavy atom. The Morgan fingerprint density at radius 1 is 1.15 bits per heavy atom. The summed E-state index contributed by atoms with van der Waals surface area (Å²) in [5.41, 5.74) is 0.806. The number of hydrogen-bond acceptors (Lipinski definition) is 3. The number of nitrogens with zero attached hydrogens (tertiary/aromatic N) is 2. The van der Waals surface area contributed by atoms with E-state index in [1.165, 1.54) is 38.9 Å². The maximum Gasteiger partial charge on any atom is 0.0277 e. The van der Waals surface area contributed by atoms with E-state index in [1.807, 2.05) is 0 Å². The maximum atomic E-state index is 3.75. The van der Waals surface area contributed by atoms with Crippen LogP contribution in [-0.2, 0) is 0 Å². The van der Waals surface area contributed by atoms with E-state index in [0.717, 1.165) is 6.54 Å². The van der Waals surface area contributed by atoms with Gasteiger partial charge in [0.25, 0.3) is 0 Å². The predicted molar refractivity (Wildman–Crippen MR) is 87.2 cm³/mol. The van der Waals surface area contributed by atoms with Gasteiger partial charge in [0.1, 0.15) is 0 Å². The molecule has 2 unspecified atom stereocenters. The molecule has 0 aromatic heterocycles. The zero-order valence-corrected chi connectivity index (χ0v) is 14.5. The van der Waals surface area contributed by atoms with E-state index in [1.54, 1.807) is 0 Å². The first-order chi connectivity index (χ1) is 9.25. The molecule has 1 aliphatic carbocycles. The van der Waals surface area contributed by atoms with Gasteiger partial charge in [-0.1, -0.05) is 20.8 Å². The number of hydrogen-bond donors (Lipinski definition) is 1. The first-order valence-electron chi connectivity index (χ1n) is 8.44. The second-order valence-electron chi connectivity index (χ2n) is 8.34. The van der Waals surface area contributed by atoms with Gasteiger partial charge in [0.05, 0.1) is 0 Å². The minimum atomic E-state index is 0.302. The fourth-order valence-corrected chi connectivity index (χ4v) is 3.99. The van der Waals surface area contributed by atoms with Crippen molar-refractivity contribution in [1.82, 2.24) is 15.1 Å². The summed E-state index contributed by atoms with van der Waals surface area (Å²) in [7, 11) is 2.27. The molecule has 20 heavy (non-hydrogen) atoms. The van der Waals surface area contributed by atoms with Crippen LogP contribution >= 0.6 is 0 Å². The molecule has 3 heteroatoms. The van der Waals surface area contributed by atoms with E-state index >= 15 is 0 Å². The van der Waals surface area contributed by atoms with Gasteiger partial charge in [0, 0.05) is 37.3 Å². The van der Waals surface area contributed by atoms with Crippen molar-refractivity contribution < 1.29 is 0 Å². The van der Waals surface area contributed by atoms with Crippen molar-refractivity contribution >= 4 is 0 Å². The molecule has 1 heterocycles. The second-order valence-corrected chi connectivity index (χ2v) is 8.34. The lowest BCUT2D eigenvalue weighted by molar-refractivity contribution is -0.0182. The zero-order valence-electron chi connectivity index (χ0n) is 14.5. The minimum Gasteiger partial charge on any atom is -0.313 e. The van der Waals surface area contributed by atoms with Gasteiger partial charge < -0.3 is 5.32 Å². The Kier molecular flexibility index (Phi) is 4.83. The lowest BCUT2D eigenvalue weighted by atomic mass is 9.72. The molecule has 0 amide bonds. The SMILES string of the molecule is CCNC1CCC(C)(C)CC1N1CCN(C)C(C)(C)C1. The summed E-state index contributed by atoms with van der Waals surface area (Å²) in [6, 6.07) is 1.40. The van der Waals surface area contributed by atoms with Gasteiger partial charge >= 0.3 is 0 Å². The third kappa shape index (κ3) is 3.55. The molecule has 1 saturated heterocycles. The minimum absolute atomic E-state index is 0.302. The third-order valence-electron chi connectivity index (χ3n) is 5.64. The molecule has 0 radical (unpaired) electrons. The first-order valence-corrected chi connectivity index (χ1v) is 8.44. The summed E-state index contributed by atoms with van der Waals surface area (Å²) in [6.07, 6.45) is 4.03. The van der Waals surface area contributed by atoms with Crippen LogP contribution in [0.3, 0.4) is 0 Å². The Balaban J connectivity index is 2.10. The highest BCUT2D eigenvalue weighted by Gasteiger charge is 2.41. The van der Waals surface area contributed by atoms with Crippen molar-refractivity contribution in [3.05, 3.63) is 0 Å². The van der Waals surface area contributed by atoms with Crippen molar-refractivity contribution in [2.24, 2.45) is 5.41 Å². The topological polar surface area (TPSA) is 18.5 Å². The van der Waals surface area contributed by atoms with Crippen LogP contribution in [0, 0.1) is 5.41 Å². The van der Waals surface area contributed by atoms with Gasteiger partial charge in [-0.25, -0.2) is 0 Å². The van der Waals surface area contributed by atoms with Crippen molar-refractivity contribution in [1.29, 1.82) is 0 Å². The molecule has 0 aromatic carbocycles. The van der Waals surface area contributed by atoms with E-state index in [4.69, 9.17) is 0 Å². The highest BCUT2D eigenvalue weighted by Crippen LogP contribution is 2.38. The quantitative estimate of drug-likeness (QED) is 0.858. The summed E-state index contributed by atoms with van der Waals surface area (Å²) < 4.78 is 0. The van der Waals surface area contributed by atoms with Crippen molar-refractivity contribution in [2.75, 3.05) is 33.2 Å². The van der Waals surface area contributed by atoms with Gasteiger partial charge in [-0.15, -0.1) is 0 Å². The van der Waals surface area contributed by atoms with E-state index in [0.29, 0.717) is 23.0 Å². The molecule has 0 spiro atoms. The average molecular weight is 281 g/mol. The van der Waals surface area contributed by atoms with Crippen LogP contribution in [0.4, 0.5) is 0 Å². The molecule has 1 saturated carbocycles. The summed E-state index contributed by atoms with van der Waals surface area (Å²) in [4.78, 5) is 5.29. The lowest BCUT2D eigenvalue weighted by Crippen LogP contribution is -2.64. The molecule has 0 bridgehead atoms. The number of piperazine rings is 1. The largest absolute Gasteiger partial charge is 0.313 e. The Hall–Kier alpha value is -0.120. The molecule has 3 nitrogen and oxygen atoms in total. The Labute approximate surface area is 126 Å². The Morgan fingerprint density at radius 3 is 2.45 bits per heavy atom. The van der Waals surface area contributed by atoms with Crippen LogP contribution in [0.25, 0.3) is 0 Å². The monoisotopic (exact) mass is 281 g/mol. The molecule has 2 aliphatic rings. The third-order valence-corrected chi connectivity index (χ3v) is 5.64. The van der Waals surface area contributed by atoms with Crippen molar-refractivity contribution in [2.45, 2.75) is 71.5 Å². The highest BCUT2D eigenvalue weighted by atomic mass is 15.3. The molecule has 2 rings (SSSR count). The summed E-state index contributed by atoms with van der Waals surface area (Å²) in [6.45, 7) is 16.6. The van der Waals surface area contributed by atoms with Gasteiger partial charge in [-0.05, 0) is 52.1 Å². The van der Waals surface area contributed by atoms with Crippen molar-refractivity contribution in [3.8, 4) is 0 Å². The smallest absolute Gasteiger partial charge is 0.0277 e. The van der Waals surface area contributed by atoms with Crippen LogP contribution < -0.4 is 5.32 Å². The fraction of sp³-hybridized carbons (Fsp3) is 1.00. The molecule has 0 aromatic rings. The van der Waals surface area contributed by atoms with Gasteiger partial charge in [0.2, 0.25) is 0 Å². The van der Waals surface area contributed by atoms with Gasteiger partial charge in [0.15, 0.2) is 0 Å². The van der Waals surface area contributed by atoms with E-state index in [9.17, 15) is 0 Å². The van der Waals surface area contributed by atoms with Gasteiger partial charge in [-0.3, -0.25) is 9.80 Å². The fourth-order valence-electron chi connectivity index (χ4n) is 3.99. The Bertz CT molecular complexity index is 324. The van der Waals surface area contributed by atoms with Crippen LogP contribution in [0.2, 0.25) is 0 Å². The van der Waals surface area contributed by atoms with E-state index < -0.39 is 0 Å². The number of rotatable bonds is 3. The molecule has 2 atom stereocenters. The highest BCUT2D eigenvalue weighted by molar-refractivity contribution is 4.98. The van der Waals surface area contributed by atoms with Crippen LogP contribution in [0.15, 0.2) is 0 Å². The van der Waals surface area contributed by atoms with E-state index in [2.05, 4.69) is 56.8 Å². The molecule has 118 valence electrons. The zero-order chi connectivity index (χ0) is 15.0. The normalized spacial score (nSPS) is 35.1. The first kappa shape index (κ1) is 16.3. The molecule has 2 fully saturated rings. The molecular formula is C17H35N3.